The van der Waals surface area contributed by atoms with Crippen molar-refractivity contribution in [3.63, 3.8) is 0 Å². The van der Waals surface area contributed by atoms with E-state index in [4.69, 9.17) is 11.6 Å². The molecule has 1 amide bonds. The number of rotatable bonds is 3. The predicted molar refractivity (Wildman–Crippen MR) is 56.4 cm³/mol. The highest BCUT2D eigenvalue weighted by molar-refractivity contribution is 6.30. The van der Waals surface area contributed by atoms with Gasteiger partial charge in [-0.1, -0.05) is 11.6 Å². The number of amides is 1. The second-order valence-corrected chi connectivity index (χ2v) is 3.44. The predicted octanol–water partition coefficient (Wildman–Crippen LogP) is 1.24. The Hall–Kier alpha value is -1.29. The van der Waals surface area contributed by atoms with Crippen molar-refractivity contribution in [1.29, 1.82) is 0 Å². The first-order valence-electron chi connectivity index (χ1n) is 4.15. The molecule has 1 N–H and O–H groups in total. The molecule has 0 spiro atoms. The number of carbonyl (C=O) groups is 1. The standard InChI is InChI=1S/C9H12ClN3O/c1-13(2)9(14)6-12-8-4-3-7(10)5-11-8/h3-5H,6H2,1-2H3,(H,11,12). The number of nitrogens with zero attached hydrogens (tertiary/aromatic N) is 2. The Morgan fingerprint density at radius 2 is 2.29 bits per heavy atom. The van der Waals surface area contributed by atoms with Gasteiger partial charge in [0.15, 0.2) is 0 Å². The SMILES string of the molecule is CN(C)C(=O)CNc1ccc(Cl)cn1. The van der Waals surface area contributed by atoms with Gasteiger partial charge in [0.05, 0.1) is 11.6 Å². The van der Waals surface area contributed by atoms with E-state index in [0.29, 0.717) is 10.8 Å². The van der Waals surface area contributed by atoms with E-state index in [9.17, 15) is 4.79 Å². The molecule has 0 aliphatic heterocycles. The minimum Gasteiger partial charge on any atom is -0.361 e. The molecule has 1 heterocycles. The fourth-order valence-electron chi connectivity index (χ4n) is 0.805. The van der Waals surface area contributed by atoms with Gasteiger partial charge in [0, 0.05) is 20.3 Å². The van der Waals surface area contributed by atoms with Crippen LogP contribution in [-0.2, 0) is 4.79 Å². The van der Waals surface area contributed by atoms with Gasteiger partial charge in [-0.05, 0) is 12.1 Å². The Bertz CT molecular complexity index is 310. The third kappa shape index (κ3) is 3.22. The molecule has 0 saturated carbocycles. The number of hydrogen-bond acceptors (Lipinski definition) is 3. The van der Waals surface area contributed by atoms with Gasteiger partial charge in [0.1, 0.15) is 5.82 Å². The van der Waals surface area contributed by atoms with Crippen LogP contribution < -0.4 is 5.32 Å². The third-order valence-corrected chi connectivity index (χ3v) is 1.87. The maximum absolute atomic E-state index is 11.2. The molecule has 0 aromatic carbocycles. The smallest absolute Gasteiger partial charge is 0.241 e. The lowest BCUT2D eigenvalue weighted by molar-refractivity contribution is -0.126. The van der Waals surface area contributed by atoms with E-state index in [1.807, 2.05) is 0 Å². The maximum Gasteiger partial charge on any atom is 0.241 e. The van der Waals surface area contributed by atoms with Crippen LogP contribution in [0.2, 0.25) is 5.02 Å². The number of pyridine rings is 1. The number of anilines is 1. The van der Waals surface area contributed by atoms with E-state index in [2.05, 4.69) is 10.3 Å². The van der Waals surface area contributed by atoms with Gasteiger partial charge in [0.25, 0.3) is 0 Å². The number of likely N-dealkylation sites (N-methyl/N-ethyl adjacent to an activating group) is 1. The minimum atomic E-state index is 0.00162. The highest BCUT2D eigenvalue weighted by Gasteiger charge is 2.02. The molecule has 76 valence electrons. The highest BCUT2D eigenvalue weighted by atomic mass is 35.5. The lowest BCUT2D eigenvalue weighted by Gasteiger charge is -2.10. The largest absolute Gasteiger partial charge is 0.361 e. The maximum atomic E-state index is 11.2. The lowest BCUT2D eigenvalue weighted by atomic mass is 10.4. The molecule has 0 unspecified atom stereocenters. The number of hydrogen-bond donors (Lipinski definition) is 1. The molecule has 1 aromatic heterocycles. The summed E-state index contributed by atoms with van der Waals surface area (Å²) in [4.78, 5) is 16.7. The quantitative estimate of drug-likeness (QED) is 0.822. The van der Waals surface area contributed by atoms with Crippen molar-refractivity contribution in [2.45, 2.75) is 0 Å². The van der Waals surface area contributed by atoms with Gasteiger partial charge in [-0.15, -0.1) is 0 Å². The molecule has 0 aliphatic carbocycles. The summed E-state index contributed by atoms with van der Waals surface area (Å²) in [5, 5.41) is 3.47. The third-order valence-electron chi connectivity index (χ3n) is 1.65. The average molecular weight is 214 g/mol. The van der Waals surface area contributed by atoms with Crippen molar-refractivity contribution < 1.29 is 4.79 Å². The van der Waals surface area contributed by atoms with Gasteiger partial charge < -0.3 is 10.2 Å². The van der Waals surface area contributed by atoms with Crippen LogP contribution in [0.15, 0.2) is 18.3 Å². The van der Waals surface area contributed by atoms with Crippen molar-refractivity contribution in [2.24, 2.45) is 0 Å². The van der Waals surface area contributed by atoms with Gasteiger partial charge in [-0.2, -0.15) is 0 Å². The fourth-order valence-corrected chi connectivity index (χ4v) is 0.916. The Labute approximate surface area is 87.9 Å². The lowest BCUT2D eigenvalue weighted by Crippen LogP contribution is -2.28. The van der Waals surface area contributed by atoms with E-state index in [1.54, 1.807) is 26.2 Å². The summed E-state index contributed by atoms with van der Waals surface area (Å²) in [6.45, 7) is 0.238. The molecule has 14 heavy (non-hydrogen) atoms. The molecule has 0 fully saturated rings. The zero-order valence-corrected chi connectivity index (χ0v) is 8.88. The number of nitrogens with one attached hydrogen (secondary N) is 1. The zero-order chi connectivity index (χ0) is 10.6. The molecule has 0 aliphatic rings. The average Bonchev–Trinajstić information content (AvgIpc) is 2.16. The summed E-state index contributed by atoms with van der Waals surface area (Å²) in [6, 6.07) is 3.45. The first-order valence-corrected chi connectivity index (χ1v) is 4.53. The summed E-state index contributed by atoms with van der Waals surface area (Å²) in [5.74, 6) is 0.645. The van der Waals surface area contributed by atoms with Crippen molar-refractivity contribution in [3.05, 3.63) is 23.4 Å². The topological polar surface area (TPSA) is 45.2 Å². The van der Waals surface area contributed by atoms with Crippen LogP contribution in [0.25, 0.3) is 0 Å². The summed E-state index contributed by atoms with van der Waals surface area (Å²) in [6.07, 6.45) is 1.53. The van der Waals surface area contributed by atoms with Gasteiger partial charge >= 0.3 is 0 Å². The normalized spacial score (nSPS) is 9.64. The van der Waals surface area contributed by atoms with E-state index < -0.39 is 0 Å². The van der Waals surface area contributed by atoms with Crippen molar-refractivity contribution in [1.82, 2.24) is 9.88 Å². The van der Waals surface area contributed by atoms with Crippen LogP contribution in [0.4, 0.5) is 5.82 Å². The van der Waals surface area contributed by atoms with Crippen molar-refractivity contribution in [2.75, 3.05) is 26.0 Å². The molecule has 0 radical (unpaired) electrons. The van der Waals surface area contributed by atoms with Crippen molar-refractivity contribution >= 4 is 23.3 Å². The van der Waals surface area contributed by atoms with E-state index >= 15 is 0 Å². The van der Waals surface area contributed by atoms with Crippen LogP contribution in [0.3, 0.4) is 0 Å². The van der Waals surface area contributed by atoms with E-state index in [0.717, 1.165) is 0 Å². The number of aromatic nitrogens is 1. The first-order chi connectivity index (χ1) is 6.59. The van der Waals surface area contributed by atoms with Crippen molar-refractivity contribution in [3.8, 4) is 0 Å². The zero-order valence-electron chi connectivity index (χ0n) is 8.12. The summed E-state index contributed by atoms with van der Waals surface area (Å²) in [5.41, 5.74) is 0. The second kappa shape index (κ2) is 4.81. The Morgan fingerprint density at radius 1 is 1.57 bits per heavy atom. The molecular weight excluding hydrogens is 202 g/mol. The molecule has 1 rings (SSSR count). The van der Waals surface area contributed by atoms with E-state index in [1.165, 1.54) is 11.1 Å². The second-order valence-electron chi connectivity index (χ2n) is 3.00. The molecular formula is C9H12ClN3O. The molecule has 0 bridgehead atoms. The summed E-state index contributed by atoms with van der Waals surface area (Å²) in [7, 11) is 3.42. The number of halogens is 1. The van der Waals surface area contributed by atoms with Crippen LogP contribution in [0, 0.1) is 0 Å². The molecule has 0 atom stereocenters. The first kappa shape index (κ1) is 10.8. The highest BCUT2D eigenvalue weighted by Crippen LogP contribution is 2.08. The Morgan fingerprint density at radius 3 is 2.79 bits per heavy atom. The summed E-state index contributed by atoms with van der Waals surface area (Å²) >= 11 is 5.66. The molecule has 5 heteroatoms. The van der Waals surface area contributed by atoms with Gasteiger partial charge in [0.2, 0.25) is 5.91 Å². The van der Waals surface area contributed by atoms with Crippen LogP contribution >= 0.6 is 11.6 Å². The van der Waals surface area contributed by atoms with Crippen LogP contribution in [-0.4, -0.2) is 36.4 Å². The molecule has 1 aromatic rings. The fraction of sp³-hybridized carbons (Fsp3) is 0.333. The van der Waals surface area contributed by atoms with E-state index in [-0.39, 0.29) is 12.5 Å². The van der Waals surface area contributed by atoms with Crippen LogP contribution in [0.1, 0.15) is 0 Å². The minimum absolute atomic E-state index is 0.00162. The Balaban J connectivity index is 2.46. The Kier molecular flexibility index (Phi) is 3.71. The van der Waals surface area contributed by atoms with Gasteiger partial charge in [-0.25, -0.2) is 4.98 Å². The summed E-state index contributed by atoms with van der Waals surface area (Å²) < 4.78 is 0. The van der Waals surface area contributed by atoms with Gasteiger partial charge in [-0.3, -0.25) is 4.79 Å². The molecule has 4 nitrogen and oxygen atoms in total. The van der Waals surface area contributed by atoms with Crippen LogP contribution in [0.5, 0.6) is 0 Å². The monoisotopic (exact) mass is 213 g/mol. The molecule has 0 saturated heterocycles. The number of carbonyl (C=O) groups excluding carboxylic acids is 1.